The summed E-state index contributed by atoms with van der Waals surface area (Å²) in [5.41, 5.74) is 14.8. The first kappa shape index (κ1) is 24.3. The van der Waals surface area contributed by atoms with Gasteiger partial charge in [-0.15, -0.1) is 0 Å². The van der Waals surface area contributed by atoms with Crippen molar-refractivity contribution in [3.05, 3.63) is 142 Å². The molecule has 3 aliphatic carbocycles. The van der Waals surface area contributed by atoms with Crippen LogP contribution in [0, 0.1) is 11.8 Å². The predicted molar refractivity (Wildman–Crippen MR) is 157 cm³/mol. The molecule has 0 radical (unpaired) electrons. The van der Waals surface area contributed by atoms with Gasteiger partial charge in [-0.1, -0.05) is 124 Å². The summed E-state index contributed by atoms with van der Waals surface area (Å²) in [7, 11) is 0. The van der Waals surface area contributed by atoms with Crippen molar-refractivity contribution in [2.75, 3.05) is 0 Å². The van der Waals surface area contributed by atoms with Crippen molar-refractivity contribution in [3.63, 3.8) is 0 Å². The maximum absolute atomic E-state index is 4.77. The van der Waals surface area contributed by atoms with E-state index < -0.39 is 0 Å². The van der Waals surface area contributed by atoms with Gasteiger partial charge in [-0.25, -0.2) is 0 Å². The highest BCUT2D eigenvalue weighted by Gasteiger charge is 2.42. The molecule has 0 amide bonds. The number of hydrogen-bond donors (Lipinski definition) is 0. The molecule has 0 N–H and O–H groups in total. The third-order valence-corrected chi connectivity index (χ3v) is 8.35. The largest absolute Gasteiger partial charge is 0.0955 e. The van der Waals surface area contributed by atoms with Gasteiger partial charge in [-0.2, -0.15) is 0 Å². The molecular formula is C36H38. The summed E-state index contributed by atoms with van der Waals surface area (Å²) >= 11 is 0. The maximum Gasteiger partial charge on any atom is 0.0156 e. The van der Waals surface area contributed by atoms with Crippen LogP contribution in [0.2, 0.25) is 0 Å². The molecule has 0 bridgehead atoms. The highest BCUT2D eigenvalue weighted by molar-refractivity contribution is 5.92. The molecule has 0 aromatic heterocycles. The first-order chi connectivity index (χ1) is 17.5. The first-order valence-electron chi connectivity index (χ1n) is 13.5. The molecule has 182 valence electrons. The quantitative estimate of drug-likeness (QED) is 0.394. The summed E-state index contributed by atoms with van der Waals surface area (Å²) < 4.78 is 0. The molecule has 0 aliphatic heterocycles. The Morgan fingerprint density at radius 2 is 1.69 bits per heavy atom. The van der Waals surface area contributed by atoms with Gasteiger partial charge in [0.25, 0.3) is 0 Å². The smallest absolute Gasteiger partial charge is 0.0156 e. The lowest BCUT2D eigenvalue weighted by Crippen LogP contribution is -2.21. The fourth-order valence-electron chi connectivity index (χ4n) is 6.79. The number of hydrogen-bond acceptors (Lipinski definition) is 0. The van der Waals surface area contributed by atoms with E-state index in [2.05, 4.69) is 107 Å². The van der Waals surface area contributed by atoms with Gasteiger partial charge in [-0.3, -0.25) is 0 Å². The number of allylic oxidation sites excluding steroid dienone is 10. The zero-order valence-corrected chi connectivity index (χ0v) is 22.1. The lowest BCUT2D eigenvalue weighted by molar-refractivity contribution is 0.591. The van der Waals surface area contributed by atoms with Gasteiger partial charge in [-0.05, 0) is 76.3 Å². The Bertz CT molecular complexity index is 1350. The average molecular weight is 471 g/mol. The molecule has 1 fully saturated rings. The zero-order valence-electron chi connectivity index (χ0n) is 22.1. The number of benzene rings is 2. The minimum atomic E-state index is 0.252. The molecule has 0 heterocycles. The fraction of sp³-hybridized carbons (Fsp3) is 0.278. The van der Waals surface area contributed by atoms with Crippen molar-refractivity contribution in [1.82, 2.24) is 0 Å². The number of fused-ring (bicyclic) bond motifs is 2. The Balaban J connectivity index is 1.62. The van der Waals surface area contributed by atoms with Gasteiger partial charge in [0, 0.05) is 17.8 Å². The van der Waals surface area contributed by atoms with Gasteiger partial charge in [0.1, 0.15) is 0 Å². The Morgan fingerprint density at radius 1 is 0.972 bits per heavy atom. The van der Waals surface area contributed by atoms with E-state index in [1.54, 1.807) is 0 Å². The highest BCUT2D eigenvalue weighted by Crippen LogP contribution is 2.57. The second-order valence-corrected chi connectivity index (χ2v) is 10.6. The lowest BCUT2D eigenvalue weighted by atomic mass is 9.71. The molecule has 36 heavy (non-hydrogen) atoms. The van der Waals surface area contributed by atoms with Crippen LogP contribution in [0.5, 0.6) is 0 Å². The zero-order chi connectivity index (χ0) is 25.4. The molecule has 3 aliphatic rings. The fourth-order valence-corrected chi connectivity index (χ4v) is 6.79. The number of rotatable bonds is 6. The summed E-state index contributed by atoms with van der Waals surface area (Å²) in [5, 5.41) is 0. The van der Waals surface area contributed by atoms with Crippen molar-refractivity contribution in [2.24, 2.45) is 11.8 Å². The Morgan fingerprint density at radius 3 is 2.42 bits per heavy atom. The standard InChI is InChI=1S/C36H38/c1-7-14-23(3)34-24(4)21-28-22-33(36-25(5)29(8-2)30-17-12-13-18-31(30)36)26(6)35(28)32(34)20-19-27-15-10-9-11-16-27/h9-13,15-21,29,32,35H,3,5-8,14,22H2,1-2,4H3. The van der Waals surface area contributed by atoms with Crippen molar-refractivity contribution in [2.45, 2.75) is 52.4 Å². The predicted octanol–water partition coefficient (Wildman–Crippen LogP) is 10.0. The van der Waals surface area contributed by atoms with Crippen molar-refractivity contribution in [3.8, 4) is 0 Å². The highest BCUT2D eigenvalue weighted by atomic mass is 14.5. The minimum Gasteiger partial charge on any atom is -0.0955 e. The van der Waals surface area contributed by atoms with Crippen LogP contribution < -0.4 is 0 Å². The van der Waals surface area contributed by atoms with Crippen LogP contribution in [0.15, 0.2) is 125 Å². The molecule has 1 saturated carbocycles. The van der Waals surface area contributed by atoms with Crippen molar-refractivity contribution in [1.29, 1.82) is 0 Å². The van der Waals surface area contributed by atoms with Crippen LogP contribution in [0.25, 0.3) is 11.6 Å². The normalized spacial score (nSPS) is 25.4. The van der Waals surface area contributed by atoms with E-state index in [0.717, 1.165) is 25.7 Å². The topological polar surface area (TPSA) is 0 Å². The van der Waals surface area contributed by atoms with Gasteiger partial charge in [0.05, 0.1) is 0 Å². The maximum atomic E-state index is 4.77. The lowest BCUT2D eigenvalue weighted by Gasteiger charge is -2.32. The van der Waals surface area contributed by atoms with Gasteiger partial charge in [0.15, 0.2) is 0 Å². The van der Waals surface area contributed by atoms with E-state index in [1.807, 2.05) is 0 Å². The first-order valence-corrected chi connectivity index (χ1v) is 13.5. The van der Waals surface area contributed by atoms with E-state index in [9.17, 15) is 0 Å². The van der Waals surface area contributed by atoms with E-state index >= 15 is 0 Å². The monoisotopic (exact) mass is 470 g/mol. The molecule has 0 spiro atoms. The van der Waals surface area contributed by atoms with Gasteiger partial charge >= 0.3 is 0 Å². The Hall–Kier alpha value is -3.38. The van der Waals surface area contributed by atoms with E-state index in [1.165, 1.54) is 61.3 Å². The summed E-state index contributed by atoms with van der Waals surface area (Å²) in [6.45, 7) is 20.7. The Kier molecular flexibility index (Phi) is 6.71. The van der Waals surface area contributed by atoms with E-state index in [-0.39, 0.29) is 11.8 Å². The molecular weight excluding hydrogens is 432 g/mol. The molecule has 3 unspecified atom stereocenters. The van der Waals surface area contributed by atoms with Crippen LogP contribution in [0.1, 0.15) is 69.1 Å². The third-order valence-electron chi connectivity index (χ3n) is 8.35. The van der Waals surface area contributed by atoms with Crippen LogP contribution >= 0.6 is 0 Å². The summed E-state index contributed by atoms with van der Waals surface area (Å²) in [6, 6.07) is 19.5. The Labute approximate surface area is 217 Å². The van der Waals surface area contributed by atoms with Crippen molar-refractivity contribution >= 4 is 11.6 Å². The molecule has 2 aromatic rings. The molecule has 5 rings (SSSR count). The van der Waals surface area contributed by atoms with Gasteiger partial charge in [0.2, 0.25) is 0 Å². The molecule has 2 aromatic carbocycles. The third kappa shape index (κ3) is 4.03. The van der Waals surface area contributed by atoms with Crippen molar-refractivity contribution < 1.29 is 0 Å². The van der Waals surface area contributed by atoms with Gasteiger partial charge < -0.3 is 0 Å². The van der Waals surface area contributed by atoms with Crippen LogP contribution in [-0.2, 0) is 0 Å². The van der Waals surface area contributed by atoms with E-state index in [4.69, 9.17) is 6.58 Å². The minimum absolute atomic E-state index is 0.252. The van der Waals surface area contributed by atoms with Crippen LogP contribution in [-0.4, -0.2) is 0 Å². The average Bonchev–Trinajstić information content (AvgIpc) is 3.34. The molecule has 0 saturated heterocycles. The summed E-state index contributed by atoms with van der Waals surface area (Å²) in [6.07, 6.45) is 11.3. The molecule has 3 atom stereocenters. The van der Waals surface area contributed by atoms with Crippen LogP contribution in [0.3, 0.4) is 0 Å². The molecule has 0 nitrogen and oxygen atoms in total. The summed E-state index contributed by atoms with van der Waals surface area (Å²) in [4.78, 5) is 0. The SMILES string of the molecule is C=C(CCC)C1=C(C)C=C2CC(=C3C(=C)C(CC)c4ccccc43)C(=C)C2C1C=Cc1ccccc1. The second-order valence-electron chi connectivity index (χ2n) is 10.6. The summed E-state index contributed by atoms with van der Waals surface area (Å²) in [5.74, 6) is 0.934. The second kappa shape index (κ2) is 9.94. The van der Waals surface area contributed by atoms with Crippen LogP contribution in [0.4, 0.5) is 0 Å². The van der Waals surface area contributed by atoms with E-state index in [0.29, 0.717) is 5.92 Å². The molecule has 0 heteroatoms.